The van der Waals surface area contributed by atoms with Crippen molar-refractivity contribution in [2.75, 3.05) is 30.3 Å². The van der Waals surface area contributed by atoms with Crippen LogP contribution < -0.4 is 11.1 Å². The van der Waals surface area contributed by atoms with E-state index >= 15 is 0 Å². The number of rotatable bonds is 4. The summed E-state index contributed by atoms with van der Waals surface area (Å²) in [5.41, 5.74) is 5.56. The van der Waals surface area contributed by atoms with Gasteiger partial charge in [-0.2, -0.15) is 23.5 Å². The van der Waals surface area contributed by atoms with Gasteiger partial charge in [0.25, 0.3) is 0 Å². The van der Waals surface area contributed by atoms with Gasteiger partial charge in [0.1, 0.15) is 0 Å². The second-order valence-electron chi connectivity index (χ2n) is 4.97. The number of nitrogens with two attached hydrogens (primary N) is 1. The Labute approximate surface area is 112 Å². The van der Waals surface area contributed by atoms with Crippen LogP contribution in [0.3, 0.4) is 0 Å². The van der Waals surface area contributed by atoms with E-state index in [-0.39, 0.29) is 11.3 Å². The van der Waals surface area contributed by atoms with E-state index < -0.39 is 0 Å². The minimum atomic E-state index is -0.244. The molecule has 0 aromatic carbocycles. The lowest BCUT2D eigenvalue weighted by molar-refractivity contribution is -0.130. The fourth-order valence-corrected chi connectivity index (χ4v) is 5.24. The Hall–Kier alpha value is 0.130. The minimum Gasteiger partial charge on any atom is -0.354 e. The van der Waals surface area contributed by atoms with E-state index in [1.807, 2.05) is 23.5 Å². The molecule has 17 heavy (non-hydrogen) atoms. The van der Waals surface area contributed by atoms with Crippen LogP contribution in [0.1, 0.15) is 25.7 Å². The molecule has 1 aliphatic heterocycles. The Morgan fingerprint density at radius 1 is 1.35 bits per heavy atom. The van der Waals surface area contributed by atoms with Crippen LogP contribution in [-0.4, -0.2) is 41.5 Å². The molecule has 2 aliphatic rings. The quantitative estimate of drug-likeness (QED) is 0.815. The van der Waals surface area contributed by atoms with E-state index in [0.29, 0.717) is 11.8 Å². The van der Waals surface area contributed by atoms with Crippen LogP contribution in [0, 0.1) is 5.41 Å². The monoisotopic (exact) mass is 274 g/mol. The van der Waals surface area contributed by atoms with Crippen molar-refractivity contribution >= 4 is 29.4 Å². The standard InChI is InChI=1S/C12H22N2OS2/c13-9-12(3-1-2-4-12)11(15)14-7-10-8-16-5-6-17-10/h10H,1-9,13H2,(H,14,15). The first-order valence-electron chi connectivity index (χ1n) is 6.44. The first-order chi connectivity index (χ1) is 8.27. The van der Waals surface area contributed by atoms with Gasteiger partial charge in [0.15, 0.2) is 0 Å². The topological polar surface area (TPSA) is 55.1 Å². The second-order valence-corrected chi connectivity index (χ2v) is 7.53. The number of hydrogen-bond acceptors (Lipinski definition) is 4. The van der Waals surface area contributed by atoms with Crippen molar-refractivity contribution in [2.45, 2.75) is 30.9 Å². The molecule has 1 amide bonds. The molecule has 3 N–H and O–H groups in total. The molecule has 1 unspecified atom stereocenters. The zero-order valence-corrected chi connectivity index (χ0v) is 11.9. The van der Waals surface area contributed by atoms with Gasteiger partial charge in [-0.1, -0.05) is 12.8 Å². The zero-order chi connectivity index (χ0) is 12.1. The molecule has 1 heterocycles. The summed E-state index contributed by atoms with van der Waals surface area (Å²) >= 11 is 3.98. The van der Waals surface area contributed by atoms with Gasteiger partial charge in [-0.05, 0) is 12.8 Å². The summed E-state index contributed by atoms with van der Waals surface area (Å²) in [6, 6.07) is 0. The van der Waals surface area contributed by atoms with Gasteiger partial charge in [-0.25, -0.2) is 0 Å². The Morgan fingerprint density at radius 3 is 2.71 bits per heavy atom. The Morgan fingerprint density at radius 2 is 2.12 bits per heavy atom. The maximum Gasteiger partial charge on any atom is 0.227 e. The summed E-state index contributed by atoms with van der Waals surface area (Å²) in [5, 5.41) is 3.72. The van der Waals surface area contributed by atoms with Gasteiger partial charge in [-0.15, -0.1) is 0 Å². The van der Waals surface area contributed by atoms with Crippen molar-refractivity contribution in [2.24, 2.45) is 11.1 Å². The molecule has 0 radical (unpaired) electrons. The molecule has 1 saturated carbocycles. The molecule has 0 bridgehead atoms. The highest BCUT2D eigenvalue weighted by Crippen LogP contribution is 2.37. The average Bonchev–Trinajstić information content (AvgIpc) is 2.87. The van der Waals surface area contributed by atoms with Crippen LogP contribution in [0.2, 0.25) is 0 Å². The number of carbonyl (C=O) groups excluding carboxylic acids is 1. The molecule has 2 rings (SSSR count). The van der Waals surface area contributed by atoms with Crippen LogP contribution in [0.5, 0.6) is 0 Å². The Kier molecular flexibility index (Phi) is 5.06. The molecular formula is C12H22N2OS2. The lowest BCUT2D eigenvalue weighted by Gasteiger charge is -2.28. The number of thioether (sulfide) groups is 2. The van der Waals surface area contributed by atoms with Crippen LogP contribution >= 0.6 is 23.5 Å². The van der Waals surface area contributed by atoms with Crippen molar-refractivity contribution in [3.05, 3.63) is 0 Å². The fraction of sp³-hybridized carbons (Fsp3) is 0.917. The van der Waals surface area contributed by atoms with Crippen molar-refractivity contribution in [3.63, 3.8) is 0 Å². The Balaban J connectivity index is 1.79. The molecule has 1 atom stereocenters. The highest BCUT2D eigenvalue weighted by Gasteiger charge is 2.39. The molecule has 0 aromatic heterocycles. The van der Waals surface area contributed by atoms with Gasteiger partial charge < -0.3 is 11.1 Å². The highest BCUT2D eigenvalue weighted by molar-refractivity contribution is 8.06. The SMILES string of the molecule is NCC1(C(=O)NCC2CSCCS2)CCCC1. The third kappa shape index (κ3) is 3.32. The van der Waals surface area contributed by atoms with E-state index in [0.717, 1.165) is 32.2 Å². The second kappa shape index (κ2) is 6.34. The number of carbonyl (C=O) groups is 1. The average molecular weight is 274 g/mol. The van der Waals surface area contributed by atoms with E-state index in [1.165, 1.54) is 17.3 Å². The third-order valence-electron chi connectivity index (χ3n) is 3.81. The molecule has 1 saturated heterocycles. The van der Waals surface area contributed by atoms with Gasteiger partial charge in [-0.3, -0.25) is 4.79 Å². The summed E-state index contributed by atoms with van der Waals surface area (Å²) in [6.07, 6.45) is 4.25. The highest BCUT2D eigenvalue weighted by atomic mass is 32.2. The molecule has 98 valence electrons. The van der Waals surface area contributed by atoms with Gasteiger partial charge in [0, 0.05) is 35.6 Å². The van der Waals surface area contributed by atoms with Crippen LogP contribution in [0.25, 0.3) is 0 Å². The first-order valence-corrected chi connectivity index (χ1v) is 8.65. The zero-order valence-electron chi connectivity index (χ0n) is 10.2. The largest absolute Gasteiger partial charge is 0.354 e. The van der Waals surface area contributed by atoms with Crippen molar-refractivity contribution in [3.8, 4) is 0 Å². The van der Waals surface area contributed by atoms with Gasteiger partial charge >= 0.3 is 0 Å². The van der Waals surface area contributed by atoms with Crippen molar-refractivity contribution in [1.29, 1.82) is 0 Å². The first kappa shape index (κ1) is 13.6. The van der Waals surface area contributed by atoms with Gasteiger partial charge in [0.2, 0.25) is 5.91 Å². The number of hydrogen-bond donors (Lipinski definition) is 2. The van der Waals surface area contributed by atoms with Gasteiger partial charge in [0.05, 0.1) is 5.41 Å². The predicted molar refractivity (Wildman–Crippen MR) is 76.5 cm³/mol. The summed E-state index contributed by atoms with van der Waals surface area (Å²) in [6.45, 7) is 1.32. The molecule has 5 heteroatoms. The lowest BCUT2D eigenvalue weighted by Crippen LogP contribution is -2.46. The third-order valence-corrected chi connectivity index (χ3v) is 6.65. The van der Waals surface area contributed by atoms with Crippen molar-refractivity contribution in [1.82, 2.24) is 5.32 Å². The molecule has 1 aliphatic carbocycles. The molecule has 0 aromatic rings. The molecule has 3 nitrogen and oxygen atoms in total. The Bertz CT molecular complexity index is 261. The van der Waals surface area contributed by atoms with Crippen LogP contribution in [-0.2, 0) is 4.79 Å². The molecule has 0 spiro atoms. The van der Waals surface area contributed by atoms with Crippen LogP contribution in [0.15, 0.2) is 0 Å². The summed E-state index contributed by atoms with van der Waals surface area (Å²) < 4.78 is 0. The summed E-state index contributed by atoms with van der Waals surface area (Å²) in [4.78, 5) is 12.2. The predicted octanol–water partition coefficient (Wildman–Crippen LogP) is 1.47. The summed E-state index contributed by atoms with van der Waals surface area (Å²) in [5.74, 6) is 3.84. The summed E-state index contributed by atoms with van der Waals surface area (Å²) in [7, 11) is 0. The number of nitrogens with one attached hydrogen (secondary N) is 1. The fourth-order valence-electron chi connectivity index (χ4n) is 2.62. The maximum absolute atomic E-state index is 12.2. The normalized spacial score (nSPS) is 27.9. The van der Waals surface area contributed by atoms with Crippen LogP contribution in [0.4, 0.5) is 0 Å². The lowest BCUT2D eigenvalue weighted by atomic mass is 9.85. The number of amides is 1. The van der Waals surface area contributed by atoms with E-state index in [2.05, 4.69) is 5.32 Å². The van der Waals surface area contributed by atoms with E-state index in [9.17, 15) is 4.79 Å². The smallest absolute Gasteiger partial charge is 0.227 e. The maximum atomic E-state index is 12.2. The minimum absolute atomic E-state index is 0.202. The van der Waals surface area contributed by atoms with E-state index in [1.54, 1.807) is 0 Å². The van der Waals surface area contributed by atoms with E-state index in [4.69, 9.17) is 5.73 Å². The molecule has 2 fully saturated rings. The van der Waals surface area contributed by atoms with Crippen molar-refractivity contribution < 1.29 is 4.79 Å². The molecular weight excluding hydrogens is 252 g/mol.